The molecule has 0 spiro atoms. The van der Waals surface area contributed by atoms with Crippen LogP contribution in [0, 0.1) is 0 Å². The molecule has 3 aliphatic rings. The van der Waals surface area contributed by atoms with Gasteiger partial charge < -0.3 is 9.38 Å². The van der Waals surface area contributed by atoms with E-state index in [2.05, 4.69) is 236 Å². The Balaban J connectivity index is 1.13. The molecule has 0 amide bonds. The number of nitrogens with zero attached hydrogens (tertiary/aromatic N) is 2. The van der Waals surface area contributed by atoms with Crippen LogP contribution in [0.5, 0.6) is 0 Å². The van der Waals surface area contributed by atoms with Crippen LogP contribution in [0.25, 0.3) is 103 Å². The van der Waals surface area contributed by atoms with Crippen LogP contribution in [0.3, 0.4) is 0 Å². The molecule has 0 fully saturated rings. The van der Waals surface area contributed by atoms with E-state index in [9.17, 15) is 0 Å². The van der Waals surface area contributed by atoms with Crippen molar-refractivity contribution in [2.75, 3.05) is 4.81 Å². The lowest BCUT2D eigenvalue weighted by Gasteiger charge is -2.43. The molecule has 0 N–H and O–H groups in total. The second-order valence-electron chi connectivity index (χ2n) is 19.2. The van der Waals surface area contributed by atoms with Crippen LogP contribution >= 0.6 is 11.3 Å². The van der Waals surface area contributed by atoms with Crippen molar-refractivity contribution in [1.82, 2.24) is 4.57 Å². The third-order valence-corrected chi connectivity index (χ3v) is 16.5. The van der Waals surface area contributed by atoms with Crippen LogP contribution < -0.4 is 15.7 Å². The van der Waals surface area contributed by atoms with Crippen molar-refractivity contribution in [2.24, 2.45) is 0 Å². The highest BCUT2D eigenvalue weighted by Crippen LogP contribution is 2.57. The number of anilines is 2. The lowest BCUT2D eigenvalue weighted by molar-refractivity contribution is 0.660. The minimum Gasteiger partial charge on any atom is -0.376 e. The Kier molecular flexibility index (Phi) is 7.56. The predicted octanol–water partition coefficient (Wildman–Crippen LogP) is 15.7. The van der Waals surface area contributed by atoms with Gasteiger partial charge in [-0.1, -0.05) is 172 Å². The Labute approximate surface area is 393 Å². The average Bonchev–Trinajstić information content (AvgIpc) is 4.00. The summed E-state index contributed by atoms with van der Waals surface area (Å²) in [5.74, 6) is 0. The maximum absolute atomic E-state index is 2.71. The smallest absolute Gasteiger partial charge is 0.333 e. The Hall–Kier alpha value is -7.92. The summed E-state index contributed by atoms with van der Waals surface area (Å²) in [6.07, 6.45) is 0. The van der Waals surface area contributed by atoms with E-state index in [0.29, 0.717) is 0 Å². The molecule has 2 aliphatic heterocycles. The number of thiophene rings is 1. The Morgan fingerprint density at radius 1 is 0.418 bits per heavy atom. The molecule has 312 valence electrons. The Morgan fingerprint density at radius 3 is 1.81 bits per heavy atom. The molecule has 67 heavy (non-hydrogen) atoms. The van der Waals surface area contributed by atoms with Crippen molar-refractivity contribution in [3.8, 4) is 61.3 Å². The van der Waals surface area contributed by atoms with Crippen molar-refractivity contribution in [3.05, 3.63) is 223 Å². The highest BCUT2D eigenvalue weighted by molar-refractivity contribution is 7.25. The normalized spacial score (nSPS) is 13.9. The van der Waals surface area contributed by atoms with Gasteiger partial charge in [-0.3, -0.25) is 0 Å². The molecule has 0 radical (unpaired) electrons. The van der Waals surface area contributed by atoms with Crippen LogP contribution in [-0.4, -0.2) is 11.4 Å². The van der Waals surface area contributed by atoms with Gasteiger partial charge in [0.15, 0.2) is 0 Å². The minimum atomic E-state index is -0.212. The zero-order valence-electron chi connectivity index (χ0n) is 37.1. The third-order valence-electron chi connectivity index (χ3n) is 15.3. The average molecular weight is 869 g/mol. The van der Waals surface area contributed by atoms with Gasteiger partial charge in [-0.05, 0) is 127 Å². The molecule has 0 saturated heterocycles. The van der Waals surface area contributed by atoms with E-state index in [1.54, 1.807) is 0 Å². The molecule has 0 unspecified atom stereocenters. The van der Waals surface area contributed by atoms with Gasteiger partial charge in [0.25, 0.3) is 0 Å². The first-order valence-corrected chi connectivity index (χ1v) is 24.3. The molecule has 2 nitrogen and oxygen atoms in total. The maximum Gasteiger partial charge on any atom is 0.333 e. The fourth-order valence-corrected chi connectivity index (χ4v) is 13.4. The lowest BCUT2D eigenvalue weighted by atomic mass is 9.43. The van der Waals surface area contributed by atoms with Crippen LogP contribution in [0.4, 0.5) is 11.4 Å². The maximum atomic E-state index is 2.71. The molecule has 0 saturated carbocycles. The first-order valence-electron chi connectivity index (χ1n) is 23.4. The van der Waals surface area contributed by atoms with Gasteiger partial charge in [-0.2, -0.15) is 0 Å². The van der Waals surface area contributed by atoms with Crippen molar-refractivity contribution >= 4 is 82.5 Å². The zero-order valence-corrected chi connectivity index (χ0v) is 37.9. The van der Waals surface area contributed by atoms with E-state index in [0.717, 1.165) is 0 Å². The number of fused-ring (bicyclic) bond motifs is 14. The fraction of sp³-hybridized carbons (Fsp3) is 0.0476. The second-order valence-corrected chi connectivity index (χ2v) is 20.3. The second kappa shape index (κ2) is 13.6. The monoisotopic (exact) mass is 868 g/mol. The third kappa shape index (κ3) is 5.11. The van der Waals surface area contributed by atoms with Crippen LogP contribution in [0.15, 0.2) is 212 Å². The van der Waals surface area contributed by atoms with E-state index in [4.69, 9.17) is 0 Å². The van der Waals surface area contributed by atoms with Gasteiger partial charge in [-0.15, -0.1) is 11.3 Å². The molecular formula is C63H41BN2S. The summed E-state index contributed by atoms with van der Waals surface area (Å²) in [7, 11) is 0. The number of hydrogen-bond donors (Lipinski definition) is 0. The highest BCUT2D eigenvalue weighted by Gasteiger charge is 2.48. The fourth-order valence-electron chi connectivity index (χ4n) is 12.3. The van der Waals surface area contributed by atoms with E-state index in [1.165, 1.54) is 137 Å². The van der Waals surface area contributed by atoms with Crippen LogP contribution in [0.2, 0.25) is 0 Å². The number of hydrogen-bond acceptors (Lipinski definition) is 2. The standard InChI is InChI=1S/C63H41BN2S/c1-63(2)51-24-14-12-23-46(51)59-52(63)36-56-61-60(59)50-35-48-45-22-13-15-25-57(45)67-58(48)37-55(50)66(44-29-26-41(27-30-44)38-16-6-3-7-17-38)64(61)53-34-43(40-20-10-5-11-21-40)33-49-47-32-42(39-18-8-4-9-19-39)28-31-54(47)65(56)62(49)53/h3-37H,1-2H3. The molecule has 0 bridgehead atoms. The van der Waals surface area contributed by atoms with Gasteiger partial charge >= 0.3 is 6.85 Å². The number of benzene rings is 10. The summed E-state index contributed by atoms with van der Waals surface area (Å²) in [5.41, 5.74) is 24.2. The summed E-state index contributed by atoms with van der Waals surface area (Å²) >= 11 is 1.91. The quantitative estimate of drug-likeness (QED) is 0.160. The predicted molar refractivity (Wildman–Crippen MR) is 287 cm³/mol. The largest absolute Gasteiger partial charge is 0.376 e. The van der Waals surface area contributed by atoms with Gasteiger partial charge in [0, 0.05) is 59.0 Å². The van der Waals surface area contributed by atoms with Crippen molar-refractivity contribution in [1.29, 1.82) is 0 Å². The molecule has 0 atom stereocenters. The summed E-state index contributed by atoms with van der Waals surface area (Å²) < 4.78 is 5.28. The van der Waals surface area contributed by atoms with Gasteiger partial charge in [0.1, 0.15) is 0 Å². The van der Waals surface area contributed by atoms with Crippen molar-refractivity contribution < 1.29 is 0 Å². The summed E-state index contributed by atoms with van der Waals surface area (Å²) in [4.78, 5) is 2.71. The molecule has 1 aliphatic carbocycles. The SMILES string of the molecule is CC1(C)c2ccccc2-c2c1cc1c3c2-c2cc4c(cc2N(c2ccc(-c5ccccc5)cc2)B3c2cc(-c3ccccc3)cc3c5cc(-c6ccccc6)ccc5n-1c23)sc1ccccc14. The molecule has 12 aromatic rings. The van der Waals surface area contributed by atoms with Crippen molar-refractivity contribution in [2.45, 2.75) is 19.3 Å². The van der Waals surface area contributed by atoms with Crippen LogP contribution in [-0.2, 0) is 5.41 Å². The molecule has 2 aromatic heterocycles. The van der Waals surface area contributed by atoms with E-state index < -0.39 is 0 Å². The minimum absolute atomic E-state index is 0.135. The Morgan fingerprint density at radius 2 is 1.04 bits per heavy atom. The first-order chi connectivity index (χ1) is 33.0. The highest BCUT2D eigenvalue weighted by atomic mass is 32.1. The van der Waals surface area contributed by atoms with E-state index in [1.807, 2.05) is 11.3 Å². The summed E-state index contributed by atoms with van der Waals surface area (Å²) in [6.45, 7) is 4.74. The van der Waals surface area contributed by atoms with Crippen molar-refractivity contribution in [3.63, 3.8) is 0 Å². The van der Waals surface area contributed by atoms with Gasteiger partial charge in [0.2, 0.25) is 0 Å². The summed E-state index contributed by atoms with van der Waals surface area (Å²) in [5, 5.41) is 5.19. The molecular weight excluding hydrogens is 828 g/mol. The van der Waals surface area contributed by atoms with E-state index >= 15 is 0 Å². The van der Waals surface area contributed by atoms with Gasteiger partial charge in [0.05, 0.1) is 11.0 Å². The van der Waals surface area contributed by atoms with E-state index in [-0.39, 0.29) is 12.3 Å². The zero-order chi connectivity index (χ0) is 44.1. The number of rotatable bonds is 4. The molecule has 10 aromatic carbocycles. The van der Waals surface area contributed by atoms with Crippen LogP contribution in [0.1, 0.15) is 25.0 Å². The summed E-state index contributed by atoms with van der Waals surface area (Å²) in [6, 6.07) is 80.0. The molecule has 4 heterocycles. The molecule has 4 heteroatoms. The number of aromatic nitrogens is 1. The first kappa shape index (κ1) is 37.3. The molecule has 15 rings (SSSR count). The topological polar surface area (TPSA) is 8.17 Å². The Bertz CT molecular complexity index is 4050. The van der Waals surface area contributed by atoms with Gasteiger partial charge in [-0.25, -0.2) is 0 Å². The lowest BCUT2D eigenvalue weighted by Crippen LogP contribution is -2.61.